The third-order valence-corrected chi connectivity index (χ3v) is 14.4. The van der Waals surface area contributed by atoms with Crippen molar-refractivity contribution >= 4 is 11.9 Å². The molecule has 0 spiro atoms. The summed E-state index contributed by atoms with van der Waals surface area (Å²) in [5, 5.41) is 17.3. The highest BCUT2D eigenvalue weighted by Crippen LogP contribution is 2.66. The fraction of sp³-hybridized carbons (Fsp3) is 0.755. The number of carbonyl (C=O) groups excluding carboxylic acids is 2. The molecular formula is C49H84N6O2. The summed E-state index contributed by atoms with van der Waals surface area (Å²) in [5.74, 6) is 2.50. The summed E-state index contributed by atoms with van der Waals surface area (Å²) in [7, 11) is 0. The molecule has 0 aromatic heterocycles. The average molecular weight is 789 g/mol. The van der Waals surface area contributed by atoms with E-state index in [1.165, 1.54) is 38.5 Å². The predicted molar refractivity (Wildman–Crippen MR) is 240 cm³/mol. The molecule has 5 fully saturated rings. The summed E-state index contributed by atoms with van der Waals surface area (Å²) in [6.45, 7) is 42.3. The lowest BCUT2D eigenvalue weighted by atomic mass is 9.70. The van der Waals surface area contributed by atoms with Crippen LogP contribution in [0.25, 0.3) is 0 Å². The van der Waals surface area contributed by atoms with Crippen LogP contribution in [0.5, 0.6) is 0 Å². The Morgan fingerprint density at radius 3 is 2.07 bits per heavy atom. The maximum atomic E-state index is 14.3. The van der Waals surface area contributed by atoms with E-state index in [0.29, 0.717) is 37.1 Å². The van der Waals surface area contributed by atoms with Gasteiger partial charge in [-0.1, -0.05) is 126 Å². The number of nitrogens with zero attached hydrogens (tertiary/aromatic N) is 1. The van der Waals surface area contributed by atoms with E-state index in [4.69, 9.17) is 13.2 Å². The number of fused-ring (bicyclic) bond motifs is 1. The van der Waals surface area contributed by atoms with Crippen molar-refractivity contribution in [1.82, 2.24) is 31.5 Å². The van der Waals surface area contributed by atoms with E-state index in [0.717, 1.165) is 86.6 Å². The summed E-state index contributed by atoms with van der Waals surface area (Å²) in [6, 6.07) is -0.462. The lowest BCUT2D eigenvalue weighted by Crippen LogP contribution is -2.58. The van der Waals surface area contributed by atoms with Crippen molar-refractivity contribution in [1.29, 1.82) is 0 Å². The summed E-state index contributed by atoms with van der Waals surface area (Å²) < 4.78 is 0. The van der Waals surface area contributed by atoms with E-state index in [2.05, 4.69) is 92.8 Å². The van der Waals surface area contributed by atoms with E-state index >= 15 is 0 Å². The van der Waals surface area contributed by atoms with Gasteiger partial charge in [0.15, 0.2) is 0 Å². The Labute approximate surface area is 349 Å². The van der Waals surface area contributed by atoms with Crippen molar-refractivity contribution in [3.8, 4) is 0 Å². The molecule has 0 bridgehead atoms. The highest BCUT2D eigenvalue weighted by Gasteiger charge is 2.68. The third-order valence-electron chi connectivity index (χ3n) is 14.4. The summed E-state index contributed by atoms with van der Waals surface area (Å²) >= 11 is 0. The summed E-state index contributed by atoms with van der Waals surface area (Å²) in [5.41, 5.74) is 3.74. The van der Waals surface area contributed by atoms with Gasteiger partial charge in [-0.2, -0.15) is 0 Å². The van der Waals surface area contributed by atoms with Crippen LogP contribution in [-0.2, 0) is 4.79 Å². The van der Waals surface area contributed by atoms with Crippen LogP contribution in [0.1, 0.15) is 152 Å². The van der Waals surface area contributed by atoms with Crippen LogP contribution in [0.2, 0.25) is 0 Å². The molecule has 5 rings (SSSR count). The molecule has 1 saturated heterocycles. The van der Waals surface area contributed by atoms with Crippen LogP contribution >= 0.6 is 0 Å². The normalized spacial score (nSPS) is 24.8. The molecule has 4 aliphatic carbocycles. The van der Waals surface area contributed by atoms with Gasteiger partial charge in [0.25, 0.3) is 0 Å². The van der Waals surface area contributed by atoms with Crippen LogP contribution in [0.4, 0.5) is 4.79 Å². The SMILES string of the molecule is C=CCNC(=C)C(=C)C(CCC1CC1)NC(=C)C1[C@@H]2[C@H](CN1C(=C)C(NC(=O)NC(CCC(=O)NCC1CC1)C(C)(C)C)C1(CC)CCCCCC1)C2(C)C.CC. The predicted octanol–water partition coefficient (Wildman–Crippen LogP) is 10.1. The first-order valence-corrected chi connectivity index (χ1v) is 23.0. The van der Waals surface area contributed by atoms with Crippen molar-refractivity contribution in [3.63, 3.8) is 0 Å². The van der Waals surface area contributed by atoms with Crippen LogP contribution in [-0.4, -0.2) is 60.6 Å². The Kier molecular flexibility index (Phi) is 16.5. The van der Waals surface area contributed by atoms with Crippen LogP contribution in [0.15, 0.2) is 61.6 Å². The minimum absolute atomic E-state index is 0.0302. The molecular weight excluding hydrogens is 705 g/mol. The first-order chi connectivity index (χ1) is 27.0. The second-order valence-electron chi connectivity index (χ2n) is 19.8. The van der Waals surface area contributed by atoms with Gasteiger partial charge in [-0.3, -0.25) is 4.79 Å². The van der Waals surface area contributed by atoms with Gasteiger partial charge in [0.1, 0.15) is 0 Å². The molecule has 8 heteroatoms. The molecule has 1 aliphatic heterocycles. The van der Waals surface area contributed by atoms with Gasteiger partial charge in [0.05, 0.1) is 18.1 Å². The number of rotatable bonds is 22. The number of piperidine rings is 1. The monoisotopic (exact) mass is 789 g/mol. The zero-order valence-corrected chi connectivity index (χ0v) is 37.7. The zero-order chi connectivity index (χ0) is 42.1. The Morgan fingerprint density at radius 1 is 0.877 bits per heavy atom. The minimum Gasteiger partial charge on any atom is -0.382 e. The maximum Gasteiger partial charge on any atom is 0.315 e. The van der Waals surface area contributed by atoms with Gasteiger partial charge in [-0.25, -0.2) is 4.79 Å². The van der Waals surface area contributed by atoms with Gasteiger partial charge in [-0.15, -0.1) is 6.58 Å². The molecule has 5 N–H and O–H groups in total. The maximum absolute atomic E-state index is 14.3. The Balaban J connectivity index is 0.00000354. The lowest BCUT2D eigenvalue weighted by molar-refractivity contribution is -0.121. The summed E-state index contributed by atoms with van der Waals surface area (Å²) in [6.07, 6.45) is 17.9. The highest BCUT2D eigenvalue weighted by molar-refractivity contribution is 5.77. The Hall–Kier alpha value is -3.16. The minimum atomic E-state index is -0.225. The van der Waals surface area contributed by atoms with E-state index in [-0.39, 0.29) is 52.4 Å². The second kappa shape index (κ2) is 20.2. The summed E-state index contributed by atoms with van der Waals surface area (Å²) in [4.78, 5) is 29.6. The highest BCUT2D eigenvalue weighted by atomic mass is 16.2. The fourth-order valence-electron chi connectivity index (χ4n) is 9.98. The standard InChI is InChI=1S/C47H78N6O2.C2H6/c1-12-28-48-32(4)31(3)38(23-22-35-18-19-35)50-33(5)42-41-37(46(41,10)11)30-53(42)34(6)43(47(13-2)26-16-14-15-17-27-47)52-44(55)51-39(45(7,8)9)24-25-40(54)49-29-36-20-21-36;1-2/h12,35-39,41-43,48,50H,1,3-6,13-30H2,2,7-11H3,(H,49,54)(H2,51,52,55);1-2H3/t37-,38?,39?,41-,42?,43?;/m0./s1. The molecule has 4 unspecified atom stereocenters. The van der Waals surface area contributed by atoms with Crippen molar-refractivity contribution in [2.24, 2.45) is 39.9 Å². The zero-order valence-electron chi connectivity index (χ0n) is 37.7. The molecule has 3 amide bonds. The molecule has 6 atom stereocenters. The topological polar surface area (TPSA) is 97.5 Å². The Bertz CT molecular complexity index is 1430. The molecule has 0 radical (unpaired) electrons. The molecule has 57 heavy (non-hydrogen) atoms. The second-order valence-corrected chi connectivity index (χ2v) is 19.8. The van der Waals surface area contributed by atoms with Gasteiger partial charge in [0.2, 0.25) is 5.91 Å². The number of hydrogen-bond acceptors (Lipinski definition) is 5. The average Bonchev–Trinajstić information content (AvgIpc) is 4.12. The molecule has 4 saturated carbocycles. The smallest absolute Gasteiger partial charge is 0.315 e. The fourth-order valence-corrected chi connectivity index (χ4v) is 9.98. The van der Waals surface area contributed by atoms with E-state index in [9.17, 15) is 9.59 Å². The molecule has 0 aromatic rings. The molecule has 8 nitrogen and oxygen atoms in total. The first-order valence-electron chi connectivity index (χ1n) is 23.0. The van der Waals surface area contributed by atoms with Gasteiger partial charge in [-0.05, 0) is 96.9 Å². The Morgan fingerprint density at radius 2 is 1.51 bits per heavy atom. The largest absolute Gasteiger partial charge is 0.382 e. The molecule has 5 aliphatic rings. The first kappa shape index (κ1) is 46.5. The van der Waals surface area contributed by atoms with Crippen LogP contribution in [0.3, 0.4) is 0 Å². The van der Waals surface area contributed by atoms with Gasteiger partial charge in [0, 0.05) is 49.2 Å². The lowest BCUT2D eigenvalue weighted by Gasteiger charge is -2.47. The number of hydrogen-bond donors (Lipinski definition) is 5. The van der Waals surface area contributed by atoms with E-state index < -0.39 is 0 Å². The van der Waals surface area contributed by atoms with Crippen LogP contribution < -0.4 is 26.6 Å². The molecule has 0 aromatic carbocycles. The molecule has 1 heterocycles. The van der Waals surface area contributed by atoms with E-state index in [1.807, 2.05) is 19.9 Å². The number of amides is 3. The quantitative estimate of drug-likeness (QED) is 0.0428. The van der Waals surface area contributed by atoms with Crippen LogP contribution in [0, 0.1) is 39.9 Å². The van der Waals surface area contributed by atoms with Gasteiger partial charge >= 0.3 is 6.03 Å². The number of urea groups is 1. The number of carbonyl (C=O) groups is 2. The number of likely N-dealkylation sites (tertiary alicyclic amines) is 1. The van der Waals surface area contributed by atoms with E-state index in [1.54, 1.807) is 0 Å². The van der Waals surface area contributed by atoms with Crippen molar-refractivity contribution in [2.45, 2.75) is 176 Å². The number of nitrogens with one attached hydrogen (secondary N) is 5. The van der Waals surface area contributed by atoms with Crippen molar-refractivity contribution in [3.05, 3.63) is 61.6 Å². The molecule has 322 valence electrons. The van der Waals surface area contributed by atoms with Gasteiger partial charge < -0.3 is 31.5 Å². The van der Waals surface area contributed by atoms with Crippen molar-refractivity contribution < 1.29 is 9.59 Å². The van der Waals surface area contributed by atoms with Crippen molar-refractivity contribution in [2.75, 3.05) is 19.6 Å². The third kappa shape index (κ3) is 12.2.